The van der Waals surface area contributed by atoms with Crippen LogP contribution >= 0.6 is 27.3 Å². The molecule has 0 aliphatic carbocycles. The first-order chi connectivity index (χ1) is 18.2. The molecule has 0 bridgehead atoms. The molecule has 2 amide bonds. The van der Waals surface area contributed by atoms with Gasteiger partial charge in [0.1, 0.15) is 11.4 Å². The normalized spacial score (nSPS) is 11.5. The maximum Gasteiger partial charge on any atom is 0.272 e. The molecule has 12 heteroatoms. The van der Waals surface area contributed by atoms with Gasteiger partial charge in [-0.3, -0.25) is 14.3 Å². The quantitative estimate of drug-likeness (QED) is 0.225. The summed E-state index contributed by atoms with van der Waals surface area (Å²) in [5.74, 6) is -0.778. The summed E-state index contributed by atoms with van der Waals surface area (Å²) in [4.78, 5) is 30.2. The van der Waals surface area contributed by atoms with Crippen molar-refractivity contribution in [2.45, 2.75) is 4.90 Å². The summed E-state index contributed by atoms with van der Waals surface area (Å²) in [6.07, 6.45) is 3.03. The van der Waals surface area contributed by atoms with Crippen molar-refractivity contribution in [1.82, 2.24) is 10.3 Å². The first-order valence-electron chi connectivity index (χ1n) is 11.0. The number of rotatable bonds is 9. The molecule has 0 atom stereocenters. The van der Waals surface area contributed by atoms with E-state index >= 15 is 0 Å². The molecule has 3 N–H and O–H groups in total. The van der Waals surface area contributed by atoms with Crippen molar-refractivity contribution in [3.8, 4) is 5.75 Å². The van der Waals surface area contributed by atoms with Crippen LogP contribution in [0.2, 0.25) is 0 Å². The van der Waals surface area contributed by atoms with Crippen LogP contribution in [-0.4, -0.2) is 32.3 Å². The lowest BCUT2D eigenvalue weighted by atomic mass is 10.1. The summed E-state index contributed by atoms with van der Waals surface area (Å²) in [5.41, 5.74) is 1.24. The fourth-order valence-corrected chi connectivity index (χ4v) is 5.32. The highest BCUT2D eigenvalue weighted by Gasteiger charge is 2.19. The summed E-state index contributed by atoms with van der Waals surface area (Å²) in [7, 11) is -2.39. The molecule has 0 saturated carbocycles. The van der Waals surface area contributed by atoms with Gasteiger partial charge < -0.3 is 15.4 Å². The number of thiazole rings is 1. The number of benzene rings is 3. The lowest BCUT2D eigenvalue weighted by Crippen LogP contribution is -2.31. The molecule has 9 nitrogen and oxygen atoms in total. The van der Waals surface area contributed by atoms with Gasteiger partial charge in [-0.25, -0.2) is 13.4 Å². The second kappa shape index (κ2) is 12.0. The molecule has 0 radical (unpaired) electrons. The van der Waals surface area contributed by atoms with Crippen molar-refractivity contribution in [1.29, 1.82) is 0 Å². The second-order valence-electron chi connectivity index (χ2n) is 7.69. The van der Waals surface area contributed by atoms with Crippen LogP contribution in [0.1, 0.15) is 15.9 Å². The Morgan fingerprint density at radius 1 is 1.00 bits per heavy atom. The molecule has 4 aromatic rings. The summed E-state index contributed by atoms with van der Waals surface area (Å²) >= 11 is 4.53. The highest BCUT2D eigenvalue weighted by Crippen LogP contribution is 2.21. The Hall–Kier alpha value is -4.00. The average molecular weight is 614 g/mol. The van der Waals surface area contributed by atoms with E-state index in [1.54, 1.807) is 41.8 Å². The maximum atomic E-state index is 13.2. The summed E-state index contributed by atoms with van der Waals surface area (Å²) in [6, 6.07) is 19.4. The minimum Gasteiger partial charge on any atom is -0.496 e. The van der Waals surface area contributed by atoms with Gasteiger partial charge in [-0.05, 0) is 60.2 Å². The van der Waals surface area contributed by atoms with E-state index in [4.69, 9.17) is 4.74 Å². The van der Waals surface area contributed by atoms with Gasteiger partial charge in [-0.1, -0.05) is 40.2 Å². The molecule has 1 heterocycles. The Morgan fingerprint density at radius 2 is 1.71 bits per heavy atom. The van der Waals surface area contributed by atoms with Crippen molar-refractivity contribution in [3.05, 3.63) is 106 Å². The molecular formula is C26H21BrN4O5S2. The predicted octanol–water partition coefficient (Wildman–Crippen LogP) is 5.12. The monoisotopic (exact) mass is 612 g/mol. The zero-order chi connectivity index (χ0) is 27.1. The number of aromatic nitrogens is 1. The third-order valence-electron chi connectivity index (χ3n) is 5.10. The highest BCUT2D eigenvalue weighted by atomic mass is 79.9. The number of halogens is 1. The molecule has 0 spiro atoms. The van der Waals surface area contributed by atoms with Crippen LogP contribution in [0.3, 0.4) is 0 Å². The van der Waals surface area contributed by atoms with Crippen LogP contribution < -0.4 is 20.1 Å². The molecule has 0 saturated heterocycles. The molecule has 0 aliphatic heterocycles. The molecular weight excluding hydrogens is 592 g/mol. The number of anilines is 2. The van der Waals surface area contributed by atoms with Crippen LogP contribution in [-0.2, 0) is 14.8 Å². The van der Waals surface area contributed by atoms with E-state index in [2.05, 4.69) is 36.3 Å². The summed E-state index contributed by atoms with van der Waals surface area (Å²) in [5, 5.41) is 7.26. The van der Waals surface area contributed by atoms with Crippen molar-refractivity contribution < 1.29 is 22.7 Å². The number of nitrogens with zero attached hydrogens (tertiary/aromatic N) is 1. The van der Waals surface area contributed by atoms with Gasteiger partial charge >= 0.3 is 0 Å². The van der Waals surface area contributed by atoms with Gasteiger partial charge in [-0.2, -0.15) is 0 Å². The van der Waals surface area contributed by atoms with Crippen LogP contribution in [0.5, 0.6) is 5.75 Å². The fraction of sp³-hybridized carbons (Fsp3) is 0.0385. The number of hydrogen-bond acceptors (Lipinski definition) is 7. The van der Waals surface area contributed by atoms with Crippen LogP contribution in [0.4, 0.5) is 10.8 Å². The van der Waals surface area contributed by atoms with Gasteiger partial charge in [0.25, 0.3) is 21.8 Å². The van der Waals surface area contributed by atoms with Gasteiger partial charge in [-0.15, -0.1) is 11.3 Å². The fourth-order valence-electron chi connectivity index (χ4n) is 3.27. The Balaban J connectivity index is 1.56. The molecule has 4 rings (SSSR count). The smallest absolute Gasteiger partial charge is 0.272 e. The lowest BCUT2D eigenvalue weighted by Gasteiger charge is -2.13. The zero-order valence-corrected chi connectivity index (χ0v) is 23.1. The van der Waals surface area contributed by atoms with E-state index in [9.17, 15) is 18.0 Å². The molecule has 0 unspecified atom stereocenters. The Labute approximate surface area is 231 Å². The summed E-state index contributed by atoms with van der Waals surface area (Å²) in [6.45, 7) is 0. The third-order valence-corrected chi connectivity index (χ3v) is 7.80. The molecule has 38 heavy (non-hydrogen) atoms. The standard InChI is InChI=1S/C26H21BrN4O5S2/c1-36-23-5-3-2-4-21(23)24(32)30-22(16-17-6-8-18(27)9-7-17)25(33)29-19-10-12-20(13-11-19)38(34,35)31-26-28-14-15-37-26/h2-16H,1H3,(H,28,31)(H,29,33)(H,30,32). The molecule has 194 valence electrons. The van der Waals surface area contributed by atoms with Gasteiger partial charge in [0, 0.05) is 21.7 Å². The lowest BCUT2D eigenvalue weighted by molar-refractivity contribution is -0.113. The van der Waals surface area contributed by atoms with Gasteiger partial charge in [0.2, 0.25) is 0 Å². The number of hydrogen-bond donors (Lipinski definition) is 3. The number of ether oxygens (including phenoxy) is 1. The Morgan fingerprint density at radius 3 is 2.37 bits per heavy atom. The SMILES string of the molecule is COc1ccccc1C(=O)NC(=Cc1ccc(Br)cc1)C(=O)Nc1ccc(S(=O)(=O)Nc2nccs2)cc1. The largest absolute Gasteiger partial charge is 0.496 e. The first kappa shape index (κ1) is 27.0. The molecule has 3 aromatic carbocycles. The van der Waals surface area contributed by atoms with Crippen molar-refractivity contribution in [2.75, 3.05) is 17.1 Å². The van der Waals surface area contributed by atoms with E-state index < -0.39 is 21.8 Å². The maximum absolute atomic E-state index is 13.2. The van der Waals surface area contributed by atoms with Crippen molar-refractivity contribution in [3.63, 3.8) is 0 Å². The molecule has 1 aromatic heterocycles. The highest BCUT2D eigenvalue weighted by molar-refractivity contribution is 9.10. The topological polar surface area (TPSA) is 126 Å². The Bertz CT molecular complexity index is 1570. The van der Waals surface area contributed by atoms with E-state index in [0.717, 1.165) is 15.8 Å². The van der Waals surface area contributed by atoms with E-state index in [0.29, 0.717) is 17.0 Å². The van der Waals surface area contributed by atoms with E-state index in [-0.39, 0.29) is 21.3 Å². The van der Waals surface area contributed by atoms with Crippen LogP contribution in [0.15, 0.2) is 99.4 Å². The van der Waals surface area contributed by atoms with Crippen LogP contribution in [0.25, 0.3) is 6.08 Å². The second-order valence-corrected chi connectivity index (χ2v) is 11.2. The number of para-hydroxylation sites is 1. The molecule has 0 fully saturated rings. The number of methoxy groups -OCH3 is 1. The third kappa shape index (κ3) is 6.85. The number of carbonyl (C=O) groups is 2. The van der Waals surface area contributed by atoms with Crippen LogP contribution in [0, 0.1) is 0 Å². The number of sulfonamides is 1. The van der Waals surface area contributed by atoms with Crippen molar-refractivity contribution >= 4 is 66.0 Å². The minimum atomic E-state index is -3.84. The van der Waals surface area contributed by atoms with E-state index in [1.807, 2.05) is 12.1 Å². The minimum absolute atomic E-state index is 0.000743. The van der Waals surface area contributed by atoms with Gasteiger partial charge in [0.15, 0.2) is 5.13 Å². The number of amides is 2. The zero-order valence-electron chi connectivity index (χ0n) is 19.8. The predicted molar refractivity (Wildman–Crippen MR) is 151 cm³/mol. The Kier molecular flexibility index (Phi) is 8.56. The van der Waals surface area contributed by atoms with Gasteiger partial charge in [0.05, 0.1) is 17.6 Å². The van der Waals surface area contributed by atoms with Crippen molar-refractivity contribution in [2.24, 2.45) is 0 Å². The first-order valence-corrected chi connectivity index (χ1v) is 14.2. The average Bonchev–Trinajstić information content (AvgIpc) is 3.42. The van der Waals surface area contributed by atoms with E-state index in [1.165, 1.54) is 43.6 Å². The number of nitrogens with one attached hydrogen (secondary N) is 3. The number of carbonyl (C=O) groups excluding carboxylic acids is 2. The molecule has 0 aliphatic rings. The summed E-state index contributed by atoms with van der Waals surface area (Å²) < 4.78 is 33.7.